The first-order valence-corrected chi connectivity index (χ1v) is 6.51. The topological polar surface area (TPSA) is 17.3 Å². The van der Waals surface area contributed by atoms with E-state index in [9.17, 15) is 0 Å². The quantitative estimate of drug-likeness (QED) is 0.732. The van der Waals surface area contributed by atoms with Gasteiger partial charge in [0.05, 0.1) is 11.7 Å². The summed E-state index contributed by atoms with van der Waals surface area (Å²) in [5, 5.41) is 0. The average molecular weight is 218 g/mol. The third-order valence-corrected chi connectivity index (χ3v) is 4.17. The van der Waals surface area contributed by atoms with Crippen LogP contribution in [0.4, 0.5) is 0 Å². The van der Waals surface area contributed by atoms with Crippen LogP contribution in [0.25, 0.3) is 5.52 Å². The Hall–Kier alpha value is -0.960. The standard InChI is InChI=1S/C12H14N2S/c1-9-2-4-14-11(6-9)7-13-12(14)10-3-5-15-8-10/h2,4,6-7,10H,3,5,8H2,1H3. The summed E-state index contributed by atoms with van der Waals surface area (Å²) < 4.78 is 2.24. The van der Waals surface area contributed by atoms with E-state index in [2.05, 4.69) is 34.6 Å². The van der Waals surface area contributed by atoms with Gasteiger partial charge in [-0.05, 0) is 36.8 Å². The molecule has 0 amide bonds. The van der Waals surface area contributed by atoms with Crippen LogP contribution < -0.4 is 0 Å². The Kier molecular flexibility index (Phi) is 2.20. The highest BCUT2D eigenvalue weighted by Gasteiger charge is 2.21. The number of pyridine rings is 1. The monoisotopic (exact) mass is 218 g/mol. The van der Waals surface area contributed by atoms with Gasteiger partial charge in [0.2, 0.25) is 0 Å². The lowest BCUT2D eigenvalue weighted by atomic mass is 10.1. The maximum Gasteiger partial charge on any atom is 0.117 e. The van der Waals surface area contributed by atoms with Gasteiger partial charge in [-0.3, -0.25) is 0 Å². The van der Waals surface area contributed by atoms with Crippen LogP contribution in [0.1, 0.15) is 23.7 Å². The van der Waals surface area contributed by atoms with E-state index in [0.717, 1.165) is 0 Å². The number of imidazole rings is 1. The van der Waals surface area contributed by atoms with Gasteiger partial charge in [-0.25, -0.2) is 4.98 Å². The molecule has 0 N–H and O–H groups in total. The fourth-order valence-electron chi connectivity index (χ4n) is 2.17. The molecule has 2 aromatic rings. The molecule has 3 heteroatoms. The summed E-state index contributed by atoms with van der Waals surface area (Å²) in [4.78, 5) is 4.57. The predicted molar refractivity (Wildman–Crippen MR) is 64.6 cm³/mol. The van der Waals surface area contributed by atoms with Gasteiger partial charge in [-0.15, -0.1) is 0 Å². The van der Waals surface area contributed by atoms with Crippen molar-refractivity contribution in [2.24, 2.45) is 0 Å². The van der Waals surface area contributed by atoms with Crippen LogP contribution in [-0.2, 0) is 0 Å². The van der Waals surface area contributed by atoms with Crippen molar-refractivity contribution in [1.29, 1.82) is 0 Å². The molecule has 2 nitrogen and oxygen atoms in total. The van der Waals surface area contributed by atoms with Crippen LogP contribution in [0.3, 0.4) is 0 Å². The number of aryl methyl sites for hydroxylation is 1. The summed E-state index contributed by atoms with van der Waals surface area (Å²) in [5.74, 6) is 4.41. The average Bonchev–Trinajstić information content (AvgIpc) is 2.82. The van der Waals surface area contributed by atoms with Crippen molar-refractivity contribution in [2.75, 3.05) is 11.5 Å². The minimum absolute atomic E-state index is 0.653. The highest BCUT2D eigenvalue weighted by molar-refractivity contribution is 7.99. The molecule has 0 saturated carbocycles. The Morgan fingerprint density at radius 1 is 1.53 bits per heavy atom. The number of fused-ring (bicyclic) bond motifs is 1. The fourth-order valence-corrected chi connectivity index (χ4v) is 3.39. The fraction of sp³-hybridized carbons (Fsp3) is 0.417. The SMILES string of the molecule is Cc1ccn2c(C3CCSC3)ncc2c1. The molecule has 0 aliphatic carbocycles. The van der Waals surface area contributed by atoms with E-state index in [4.69, 9.17) is 0 Å². The molecule has 0 radical (unpaired) electrons. The zero-order valence-corrected chi connectivity index (χ0v) is 9.63. The lowest BCUT2D eigenvalue weighted by Crippen LogP contribution is -2.02. The molecule has 1 fully saturated rings. The van der Waals surface area contributed by atoms with Crippen molar-refractivity contribution in [3.8, 4) is 0 Å². The molecular formula is C12H14N2S. The van der Waals surface area contributed by atoms with Gasteiger partial charge in [0, 0.05) is 17.9 Å². The number of aromatic nitrogens is 2. The van der Waals surface area contributed by atoms with Crippen molar-refractivity contribution in [3.05, 3.63) is 35.9 Å². The summed E-state index contributed by atoms with van der Waals surface area (Å²) in [6, 6.07) is 4.35. The minimum Gasteiger partial charge on any atom is -0.303 e. The molecule has 15 heavy (non-hydrogen) atoms. The van der Waals surface area contributed by atoms with Gasteiger partial charge >= 0.3 is 0 Å². The third kappa shape index (κ3) is 1.55. The smallest absolute Gasteiger partial charge is 0.117 e. The Labute approximate surface area is 93.7 Å². The van der Waals surface area contributed by atoms with Crippen LogP contribution >= 0.6 is 11.8 Å². The molecule has 78 valence electrons. The highest BCUT2D eigenvalue weighted by atomic mass is 32.2. The normalized spacial score (nSPS) is 21.3. The lowest BCUT2D eigenvalue weighted by molar-refractivity contribution is 0.713. The summed E-state index contributed by atoms with van der Waals surface area (Å²) in [6.07, 6.45) is 5.42. The molecular weight excluding hydrogens is 204 g/mol. The number of rotatable bonds is 1. The zero-order valence-electron chi connectivity index (χ0n) is 8.81. The summed E-state index contributed by atoms with van der Waals surface area (Å²) in [5.41, 5.74) is 2.52. The Morgan fingerprint density at radius 3 is 3.27 bits per heavy atom. The predicted octanol–water partition coefficient (Wildman–Crippen LogP) is 2.86. The van der Waals surface area contributed by atoms with Crippen LogP contribution in [0.15, 0.2) is 24.5 Å². The van der Waals surface area contributed by atoms with Gasteiger partial charge in [0.15, 0.2) is 0 Å². The van der Waals surface area contributed by atoms with E-state index >= 15 is 0 Å². The Bertz CT molecular complexity index is 483. The molecule has 1 aliphatic heterocycles. The van der Waals surface area contributed by atoms with Gasteiger partial charge in [0.1, 0.15) is 5.82 Å². The molecule has 0 bridgehead atoms. The second-order valence-corrected chi connectivity index (χ2v) is 5.33. The zero-order chi connectivity index (χ0) is 10.3. The van der Waals surface area contributed by atoms with Crippen molar-refractivity contribution in [3.63, 3.8) is 0 Å². The van der Waals surface area contributed by atoms with Gasteiger partial charge < -0.3 is 4.40 Å². The molecule has 3 rings (SSSR count). The van der Waals surface area contributed by atoms with Crippen molar-refractivity contribution in [1.82, 2.24) is 9.38 Å². The molecule has 0 aromatic carbocycles. The molecule has 0 spiro atoms. The molecule has 1 aliphatic rings. The molecule has 1 atom stereocenters. The van der Waals surface area contributed by atoms with Crippen LogP contribution in [0, 0.1) is 6.92 Å². The van der Waals surface area contributed by atoms with Gasteiger partial charge in [-0.1, -0.05) is 0 Å². The van der Waals surface area contributed by atoms with Crippen LogP contribution in [0.2, 0.25) is 0 Å². The Morgan fingerprint density at radius 2 is 2.47 bits per heavy atom. The summed E-state index contributed by atoms with van der Waals surface area (Å²) in [6.45, 7) is 2.12. The second-order valence-electron chi connectivity index (χ2n) is 4.18. The maximum absolute atomic E-state index is 4.57. The third-order valence-electron chi connectivity index (χ3n) is 3.01. The first-order valence-electron chi connectivity index (χ1n) is 5.36. The van der Waals surface area contributed by atoms with E-state index in [0.29, 0.717) is 5.92 Å². The van der Waals surface area contributed by atoms with Crippen molar-refractivity contribution >= 4 is 17.3 Å². The number of thioether (sulfide) groups is 1. The molecule has 2 aromatic heterocycles. The molecule has 1 unspecified atom stereocenters. The Balaban J connectivity index is 2.11. The van der Waals surface area contributed by atoms with Crippen LogP contribution in [-0.4, -0.2) is 20.9 Å². The minimum atomic E-state index is 0.653. The van der Waals surface area contributed by atoms with Gasteiger partial charge in [0.25, 0.3) is 0 Å². The van der Waals surface area contributed by atoms with E-state index in [1.165, 1.54) is 34.8 Å². The molecule has 1 saturated heterocycles. The number of hydrogen-bond donors (Lipinski definition) is 0. The highest BCUT2D eigenvalue weighted by Crippen LogP contribution is 2.31. The summed E-state index contributed by atoms with van der Waals surface area (Å²) in [7, 11) is 0. The van der Waals surface area contributed by atoms with Crippen molar-refractivity contribution in [2.45, 2.75) is 19.3 Å². The lowest BCUT2D eigenvalue weighted by Gasteiger charge is -2.07. The van der Waals surface area contributed by atoms with E-state index in [-0.39, 0.29) is 0 Å². The van der Waals surface area contributed by atoms with Gasteiger partial charge in [-0.2, -0.15) is 11.8 Å². The number of hydrogen-bond acceptors (Lipinski definition) is 2. The number of nitrogens with zero attached hydrogens (tertiary/aromatic N) is 2. The van der Waals surface area contributed by atoms with Crippen LogP contribution in [0.5, 0.6) is 0 Å². The largest absolute Gasteiger partial charge is 0.303 e. The second kappa shape index (κ2) is 3.56. The van der Waals surface area contributed by atoms with E-state index < -0.39 is 0 Å². The maximum atomic E-state index is 4.57. The van der Waals surface area contributed by atoms with E-state index in [1.54, 1.807) is 0 Å². The summed E-state index contributed by atoms with van der Waals surface area (Å²) >= 11 is 2.04. The van der Waals surface area contributed by atoms with E-state index in [1.807, 2.05) is 18.0 Å². The molecule has 3 heterocycles. The first-order chi connectivity index (χ1) is 7.34. The first kappa shape index (κ1) is 9.28. The van der Waals surface area contributed by atoms with Crippen molar-refractivity contribution < 1.29 is 0 Å².